The third-order valence-corrected chi connectivity index (χ3v) is 3.88. The van der Waals surface area contributed by atoms with Crippen molar-refractivity contribution in [2.45, 2.75) is 25.8 Å². The lowest BCUT2D eigenvalue weighted by Gasteiger charge is -2.16. The van der Waals surface area contributed by atoms with Gasteiger partial charge in [0, 0.05) is 30.9 Å². The minimum absolute atomic E-state index is 0.601. The number of benzene rings is 1. The first-order valence-corrected chi connectivity index (χ1v) is 7.00. The number of aromatic nitrogens is 1. The van der Waals surface area contributed by atoms with E-state index in [0.717, 1.165) is 13.1 Å². The molecule has 1 aromatic heterocycles. The molecule has 2 aromatic rings. The van der Waals surface area contributed by atoms with E-state index in [2.05, 4.69) is 59.3 Å². The molecule has 0 spiro atoms. The molecule has 1 unspecified atom stereocenters. The maximum absolute atomic E-state index is 4.54. The summed E-state index contributed by atoms with van der Waals surface area (Å²) in [6.07, 6.45) is 3.16. The molecule has 0 radical (unpaired) electrons. The molecule has 0 bridgehead atoms. The van der Waals surface area contributed by atoms with Crippen LogP contribution in [0, 0.1) is 6.92 Å². The highest BCUT2D eigenvalue weighted by atomic mass is 15.1. The van der Waals surface area contributed by atoms with Gasteiger partial charge in [0.05, 0.1) is 0 Å². The Morgan fingerprint density at radius 2 is 2.05 bits per heavy atom. The van der Waals surface area contributed by atoms with Gasteiger partial charge in [0.15, 0.2) is 0 Å². The fraction of sp³-hybridized carbons (Fsp3) is 0.353. The SMILES string of the molecule is Cc1ccnc(C2CCN(Cc3ccccc3)C2)c1. The molecule has 0 amide bonds. The van der Waals surface area contributed by atoms with Gasteiger partial charge in [0.25, 0.3) is 0 Å². The molecule has 1 aliphatic heterocycles. The van der Waals surface area contributed by atoms with Crippen molar-refractivity contribution in [3.8, 4) is 0 Å². The van der Waals surface area contributed by atoms with Crippen LogP contribution >= 0.6 is 0 Å². The third-order valence-electron chi connectivity index (χ3n) is 3.88. The Balaban J connectivity index is 1.64. The van der Waals surface area contributed by atoms with Crippen molar-refractivity contribution in [1.29, 1.82) is 0 Å². The summed E-state index contributed by atoms with van der Waals surface area (Å²) in [5.74, 6) is 0.601. The second kappa shape index (κ2) is 5.54. The molecule has 1 aliphatic rings. The second-order valence-corrected chi connectivity index (χ2v) is 5.46. The van der Waals surface area contributed by atoms with Gasteiger partial charge in [-0.15, -0.1) is 0 Å². The molecule has 0 saturated carbocycles. The molecule has 1 atom stereocenters. The van der Waals surface area contributed by atoms with Crippen LogP contribution in [-0.2, 0) is 6.54 Å². The number of hydrogen-bond acceptors (Lipinski definition) is 2. The minimum atomic E-state index is 0.601. The van der Waals surface area contributed by atoms with Crippen molar-refractivity contribution in [3.63, 3.8) is 0 Å². The largest absolute Gasteiger partial charge is 0.298 e. The Morgan fingerprint density at radius 3 is 2.84 bits per heavy atom. The van der Waals surface area contributed by atoms with Gasteiger partial charge >= 0.3 is 0 Å². The molecule has 2 nitrogen and oxygen atoms in total. The second-order valence-electron chi connectivity index (χ2n) is 5.46. The topological polar surface area (TPSA) is 16.1 Å². The van der Waals surface area contributed by atoms with Gasteiger partial charge < -0.3 is 0 Å². The van der Waals surface area contributed by atoms with Crippen molar-refractivity contribution >= 4 is 0 Å². The zero-order chi connectivity index (χ0) is 13.1. The normalized spacial score (nSPS) is 19.7. The Labute approximate surface area is 115 Å². The molecule has 2 heterocycles. The van der Waals surface area contributed by atoms with Crippen LogP contribution in [-0.4, -0.2) is 23.0 Å². The highest BCUT2D eigenvalue weighted by Crippen LogP contribution is 2.27. The number of hydrogen-bond donors (Lipinski definition) is 0. The van der Waals surface area contributed by atoms with E-state index in [4.69, 9.17) is 0 Å². The Bertz CT molecular complexity index is 536. The lowest BCUT2D eigenvalue weighted by molar-refractivity contribution is 0.326. The van der Waals surface area contributed by atoms with Crippen LogP contribution < -0.4 is 0 Å². The number of pyridine rings is 1. The van der Waals surface area contributed by atoms with Gasteiger partial charge in [-0.1, -0.05) is 30.3 Å². The zero-order valence-corrected chi connectivity index (χ0v) is 11.4. The van der Waals surface area contributed by atoms with E-state index in [-0.39, 0.29) is 0 Å². The highest BCUT2D eigenvalue weighted by molar-refractivity contribution is 5.20. The monoisotopic (exact) mass is 252 g/mol. The fourth-order valence-electron chi connectivity index (χ4n) is 2.84. The van der Waals surface area contributed by atoms with Crippen LogP contribution in [0.2, 0.25) is 0 Å². The van der Waals surface area contributed by atoms with E-state index in [1.165, 1.54) is 29.8 Å². The zero-order valence-electron chi connectivity index (χ0n) is 11.4. The van der Waals surface area contributed by atoms with Crippen LogP contribution in [0.1, 0.15) is 29.2 Å². The number of likely N-dealkylation sites (tertiary alicyclic amines) is 1. The highest BCUT2D eigenvalue weighted by Gasteiger charge is 2.24. The standard InChI is InChI=1S/C17H20N2/c1-14-7-9-18-17(11-14)16-8-10-19(13-16)12-15-5-3-2-4-6-15/h2-7,9,11,16H,8,10,12-13H2,1H3. The van der Waals surface area contributed by atoms with E-state index in [0.29, 0.717) is 5.92 Å². The summed E-state index contributed by atoms with van der Waals surface area (Å²) in [7, 11) is 0. The average Bonchev–Trinajstić information content (AvgIpc) is 2.88. The summed E-state index contributed by atoms with van der Waals surface area (Å²) in [6, 6.07) is 15.0. The van der Waals surface area contributed by atoms with Gasteiger partial charge in [-0.25, -0.2) is 0 Å². The van der Waals surface area contributed by atoms with E-state index >= 15 is 0 Å². The van der Waals surface area contributed by atoms with E-state index in [1.54, 1.807) is 0 Å². The van der Waals surface area contributed by atoms with Gasteiger partial charge in [-0.3, -0.25) is 9.88 Å². The molecule has 0 N–H and O–H groups in total. The first-order valence-electron chi connectivity index (χ1n) is 7.00. The van der Waals surface area contributed by atoms with Crippen LogP contribution in [0.4, 0.5) is 0 Å². The molecule has 19 heavy (non-hydrogen) atoms. The van der Waals surface area contributed by atoms with E-state index < -0.39 is 0 Å². The van der Waals surface area contributed by atoms with Gasteiger partial charge in [-0.2, -0.15) is 0 Å². The van der Waals surface area contributed by atoms with Crippen molar-refractivity contribution < 1.29 is 0 Å². The molecule has 1 aromatic carbocycles. The Hall–Kier alpha value is -1.67. The Kier molecular flexibility index (Phi) is 3.60. The molecule has 2 heteroatoms. The molecular formula is C17H20N2. The number of aryl methyl sites for hydroxylation is 1. The smallest absolute Gasteiger partial charge is 0.0450 e. The molecule has 0 aliphatic carbocycles. The van der Waals surface area contributed by atoms with Crippen LogP contribution in [0.25, 0.3) is 0 Å². The summed E-state index contributed by atoms with van der Waals surface area (Å²) in [5.41, 5.74) is 3.97. The molecule has 3 rings (SSSR count). The number of nitrogens with zero attached hydrogens (tertiary/aromatic N) is 2. The lowest BCUT2D eigenvalue weighted by atomic mass is 10.0. The molecule has 1 saturated heterocycles. The van der Waals surface area contributed by atoms with Gasteiger partial charge in [0.1, 0.15) is 0 Å². The Morgan fingerprint density at radius 1 is 1.21 bits per heavy atom. The van der Waals surface area contributed by atoms with Crippen molar-refractivity contribution in [1.82, 2.24) is 9.88 Å². The lowest BCUT2D eigenvalue weighted by Crippen LogP contribution is -2.19. The predicted molar refractivity (Wildman–Crippen MR) is 78.1 cm³/mol. The van der Waals surface area contributed by atoms with Gasteiger partial charge in [0.2, 0.25) is 0 Å². The van der Waals surface area contributed by atoms with Gasteiger partial charge in [-0.05, 0) is 43.1 Å². The molecular weight excluding hydrogens is 232 g/mol. The summed E-state index contributed by atoms with van der Waals surface area (Å²) < 4.78 is 0. The first-order chi connectivity index (χ1) is 9.31. The van der Waals surface area contributed by atoms with Crippen molar-refractivity contribution in [3.05, 3.63) is 65.5 Å². The fourth-order valence-corrected chi connectivity index (χ4v) is 2.84. The summed E-state index contributed by atoms with van der Waals surface area (Å²) in [6.45, 7) is 5.51. The molecule has 98 valence electrons. The van der Waals surface area contributed by atoms with Crippen LogP contribution in [0.15, 0.2) is 48.7 Å². The van der Waals surface area contributed by atoms with E-state index in [9.17, 15) is 0 Å². The quantitative estimate of drug-likeness (QED) is 0.832. The van der Waals surface area contributed by atoms with Crippen molar-refractivity contribution in [2.24, 2.45) is 0 Å². The minimum Gasteiger partial charge on any atom is -0.298 e. The van der Waals surface area contributed by atoms with E-state index in [1.807, 2.05) is 6.20 Å². The van der Waals surface area contributed by atoms with Crippen LogP contribution in [0.3, 0.4) is 0 Å². The molecule has 1 fully saturated rings. The maximum atomic E-state index is 4.54. The maximum Gasteiger partial charge on any atom is 0.0450 e. The summed E-state index contributed by atoms with van der Waals surface area (Å²) >= 11 is 0. The average molecular weight is 252 g/mol. The number of rotatable bonds is 3. The third kappa shape index (κ3) is 3.02. The predicted octanol–water partition coefficient (Wildman–Crippen LogP) is 3.38. The van der Waals surface area contributed by atoms with Crippen molar-refractivity contribution in [2.75, 3.05) is 13.1 Å². The summed E-state index contributed by atoms with van der Waals surface area (Å²) in [4.78, 5) is 7.07. The first kappa shape index (κ1) is 12.4. The van der Waals surface area contributed by atoms with Crippen LogP contribution in [0.5, 0.6) is 0 Å². The summed E-state index contributed by atoms with van der Waals surface area (Å²) in [5, 5.41) is 0.